The third-order valence-electron chi connectivity index (χ3n) is 3.87. The van der Waals surface area contributed by atoms with Crippen LogP contribution in [-0.2, 0) is 6.54 Å². The molecule has 156 valence electrons. The summed E-state index contributed by atoms with van der Waals surface area (Å²) >= 11 is 0. The molecule has 0 aliphatic heterocycles. The Bertz CT molecular complexity index is 720. The number of nitrogens with one attached hydrogen (secondary N) is 2. The number of halogens is 1. The van der Waals surface area contributed by atoms with Crippen LogP contribution in [0, 0.1) is 6.92 Å². The van der Waals surface area contributed by atoms with Crippen molar-refractivity contribution in [2.24, 2.45) is 4.99 Å². The van der Waals surface area contributed by atoms with E-state index < -0.39 is 0 Å². The lowest BCUT2D eigenvalue weighted by Crippen LogP contribution is -2.38. The Hall–Kier alpha value is -1.97. The van der Waals surface area contributed by atoms with Crippen LogP contribution in [0.3, 0.4) is 0 Å². The topological polar surface area (TPSA) is 72.7 Å². The first-order valence-electron chi connectivity index (χ1n) is 9.43. The summed E-state index contributed by atoms with van der Waals surface area (Å²) in [6.45, 7) is 9.17. The Morgan fingerprint density at radius 1 is 1.25 bits per heavy atom. The minimum absolute atomic E-state index is 0. The number of benzene rings is 1. The molecule has 0 saturated carbocycles. The first-order chi connectivity index (χ1) is 13.1. The van der Waals surface area contributed by atoms with Crippen molar-refractivity contribution in [1.29, 1.82) is 0 Å². The highest BCUT2D eigenvalue weighted by Gasteiger charge is 2.08. The van der Waals surface area contributed by atoms with E-state index in [2.05, 4.69) is 33.8 Å². The smallest absolute Gasteiger partial charge is 0.191 e. The van der Waals surface area contributed by atoms with Crippen molar-refractivity contribution in [3.63, 3.8) is 0 Å². The van der Waals surface area contributed by atoms with Gasteiger partial charge in [-0.15, -0.1) is 24.0 Å². The number of aryl methyl sites for hydroxylation is 2. The molecule has 0 fully saturated rings. The lowest BCUT2D eigenvalue weighted by atomic mass is 10.3. The average Bonchev–Trinajstić information content (AvgIpc) is 3.08. The highest BCUT2D eigenvalue weighted by molar-refractivity contribution is 14.0. The van der Waals surface area contributed by atoms with Gasteiger partial charge in [-0.05, 0) is 44.9 Å². The molecule has 1 aromatic carbocycles. The van der Waals surface area contributed by atoms with E-state index in [1.54, 1.807) is 7.11 Å². The zero-order chi connectivity index (χ0) is 19.5. The largest absolute Gasteiger partial charge is 0.493 e. The van der Waals surface area contributed by atoms with Crippen molar-refractivity contribution in [3.8, 4) is 11.5 Å². The number of para-hydroxylation sites is 2. The van der Waals surface area contributed by atoms with Crippen LogP contribution in [0.4, 0.5) is 0 Å². The number of hydrogen-bond acceptors (Lipinski definition) is 4. The first-order valence-corrected chi connectivity index (χ1v) is 9.43. The van der Waals surface area contributed by atoms with Crippen LogP contribution in [0.2, 0.25) is 0 Å². The number of aromatic nitrogens is 2. The summed E-state index contributed by atoms with van der Waals surface area (Å²) < 4.78 is 13.2. The van der Waals surface area contributed by atoms with Crippen LogP contribution >= 0.6 is 24.0 Å². The van der Waals surface area contributed by atoms with E-state index in [-0.39, 0.29) is 30.1 Å². The van der Waals surface area contributed by atoms with Gasteiger partial charge in [0.25, 0.3) is 0 Å². The summed E-state index contributed by atoms with van der Waals surface area (Å²) in [5.41, 5.74) is 1.18. The molecule has 7 nitrogen and oxygen atoms in total. The van der Waals surface area contributed by atoms with Crippen LogP contribution in [-0.4, -0.2) is 48.6 Å². The maximum absolute atomic E-state index is 5.95. The van der Waals surface area contributed by atoms with Crippen molar-refractivity contribution in [1.82, 2.24) is 20.4 Å². The molecule has 2 N–H and O–H groups in total. The predicted molar refractivity (Wildman–Crippen MR) is 124 cm³/mol. The molecule has 0 bridgehead atoms. The molecule has 1 aromatic heterocycles. The molecule has 1 unspecified atom stereocenters. The third kappa shape index (κ3) is 8.37. The highest BCUT2D eigenvalue weighted by atomic mass is 127. The fraction of sp³-hybridized carbons (Fsp3) is 0.500. The second-order valence-electron chi connectivity index (χ2n) is 6.36. The van der Waals surface area contributed by atoms with E-state index in [0.29, 0.717) is 6.54 Å². The van der Waals surface area contributed by atoms with Gasteiger partial charge in [0.1, 0.15) is 6.10 Å². The Labute approximate surface area is 184 Å². The first kappa shape index (κ1) is 24.1. The van der Waals surface area contributed by atoms with Gasteiger partial charge >= 0.3 is 0 Å². The maximum atomic E-state index is 5.95. The minimum Gasteiger partial charge on any atom is -0.493 e. The van der Waals surface area contributed by atoms with Crippen molar-refractivity contribution in [3.05, 3.63) is 42.2 Å². The van der Waals surface area contributed by atoms with Crippen LogP contribution in [0.5, 0.6) is 11.5 Å². The second-order valence-corrected chi connectivity index (χ2v) is 6.36. The van der Waals surface area contributed by atoms with E-state index in [1.807, 2.05) is 49.0 Å². The Balaban J connectivity index is 0.00000392. The Morgan fingerprint density at radius 2 is 2.00 bits per heavy atom. The fourth-order valence-electron chi connectivity index (χ4n) is 2.57. The summed E-state index contributed by atoms with van der Waals surface area (Å²) in [6.07, 6.45) is 4.83. The van der Waals surface area contributed by atoms with E-state index >= 15 is 0 Å². The normalized spacial score (nSPS) is 12.1. The number of ether oxygens (including phenoxy) is 2. The molecule has 0 spiro atoms. The number of guanidine groups is 1. The van der Waals surface area contributed by atoms with Crippen LogP contribution < -0.4 is 20.1 Å². The molecular formula is C20H32IN5O2. The third-order valence-corrected chi connectivity index (χ3v) is 3.87. The molecule has 28 heavy (non-hydrogen) atoms. The van der Waals surface area contributed by atoms with E-state index in [1.165, 1.54) is 5.56 Å². The molecule has 1 atom stereocenters. The molecule has 8 heteroatoms. The van der Waals surface area contributed by atoms with Crippen molar-refractivity contribution in [2.75, 3.05) is 26.7 Å². The van der Waals surface area contributed by atoms with Gasteiger partial charge in [0.05, 0.1) is 19.9 Å². The molecule has 2 rings (SSSR count). The van der Waals surface area contributed by atoms with Gasteiger partial charge < -0.3 is 20.1 Å². The maximum Gasteiger partial charge on any atom is 0.191 e. The molecule has 2 aromatic rings. The summed E-state index contributed by atoms with van der Waals surface area (Å²) in [7, 11) is 1.64. The number of rotatable bonds is 10. The predicted octanol–water partition coefficient (Wildman–Crippen LogP) is 3.23. The molecule has 0 aliphatic rings. The van der Waals surface area contributed by atoms with Gasteiger partial charge in [0.2, 0.25) is 0 Å². The zero-order valence-electron chi connectivity index (χ0n) is 17.1. The van der Waals surface area contributed by atoms with Crippen LogP contribution in [0.1, 0.15) is 25.8 Å². The Morgan fingerprint density at radius 3 is 2.64 bits per heavy atom. The molecule has 0 aliphatic carbocycles. The van der Waals surface area contributed by atoms with Crippen LogP contribution in [0.15, 0.2) is 41.7 Å². The quantitative estimate of drug-likeness (QED) is 0.227. The van der Waals surface area contributed by atoms with Gasteiger partial charge in [-0.25, -0.2) is 4.99 Å². The summed E-state index contributed by atoms with van der Waals surface area (Å²) in [6, 6.07) is 7.64. The van der Waals surface area contributed by atoms with Gasteiger partial charge in [-0.3, -0.25) is 4.68 Å². The zero-order valence-corrected chi connectivity index (χ0v) is 19.5. The lowest BCUT2D eigenvalue weighted by Gasteiger charge is -2.16. The average molecular weight is 501 g/mol. The molecular weight excluding hydrogens is 469 g/mol. The number of hydrogen-bond donors (Lipinski definition) is 2. The lowest BCUT2D eigenvalue weighted by molar-refractivity contribution is 0.219. The Kier molecular flexibility index (Phi) is 11.4. The van der Waals surface area contributed by atoms with E-state index in [9.17, 15) is 0 Å². The van der Waals surface area contributed by atoms with Crippen molar-refractivity contribution in [2.45, 2.75) is 39.8 Å². The van der Waals surface area contributed by atoms with E-state index in [0.717, 1.165) is 43.5 Å². The second kappa shape index (κ2) is 13.2. The van der Waals surface area contributed by atoms with Gasteiger partial charge in [-0.1, -0.05) is 12.1 Å². The molecule has 0 radical (unpaired) electrons. The molecule has 1 heterocycles. The van der Waals surface area contributed by atoms with Gasteiger partial charge in [0.15, 0.2) is 17.5 Å². The van der Waals surface area contributed by atoms with Crippen molar-refractivity contribution < 1.29 is 9.47 Å². The van der Waals surface area contributed by atoms with E-state index in [4.69, 9.17) is 9.47 Å². The molecule has 0 amide bonds. The highest BCUT2D eigenvalue weighted by Crippen LogP contribution is 2.26. The van der Waals surface area contributed by atoms with Gasteiger partial charge in [0, 0.05) is 25.8 Å². The fourth-order valence-corrected chi connectivity index (χ4v) is 2.57. The van der Waals surface area contributed by atoms with Crippen molar-refractivity contribution >= 4 is 29.9 Å². The summed E-state index contributed by atoms with van der Waals surface area (Å²) in [5.74, 6) is 2.26. The summed E-state index contributed by atoms with van der Waals surface area (Å²) in [5, 5.41) is 10.9. The monoisotopic (exact) mass is 501 g/mol. The molecule has 0 saturated heterocycles. The standard InChI is InChI=1S/C20H31N5O2.HI/c1-5-21-20(22-11-8-12-25-15-16(2)13-24-25)23-14-17(3)27-19-10-7-6-9-18(19)26-4;/h6-7,9-10,13,15,17H,5,8,11-12,14H2,1-4H3,(H2,21,22,23);1H. The number of nitrogens with zero attached hydrogens (tertiary/aromatic N) is 3. The number of aliphatic imine (C=N–C) groups is 1. The summed E-state index contributed by atoms with van der Waals surface area (Å²) in [4.78, 5) is 4.62. The van der Waals surface area contributed by atoms with Gasteiger partial charge in [-0.2, -0.15) is 5.10 Å². The van der Waals surface area contributed by atoms with Crippen LogP contribution in [0.25, 0.3) is 0 Å². The minimum atomic E-state index is -0.0659. The SMILES string of the molecule is CCNC(=NCC(C)Oc1ccccc1OC)NCCCn1cc(C)cn1.I. The number of methoxy groups -OCH3 is 1.